The Balaban J connectivity index is 1.66. The number of carbonyl (C=O) groups is 2. The molecule has 0 aliphatic carbocycles. The molecule has 0 saturated carbocycles. The molecule has 2 fully saturated rings. The topological polar surface area (TPSA) is 105 Å². The van der Waals surface area contributed by atoms with Crippen LogP contribution in [0.2, 0.25) is 0 Å². The highest BCUT2D eigenvalue weighted by Gasteiger charge is 2.55. The molecule has 30 heavy (non-hydrogen) atoms. The van der Waals surface area contributed by atoms with Crippen LogP contribution >= 0.6 is 0 Å². The Morgan fingerprint density at radius 2 is 2.07 bits per heavy atom. The van der Waals surface area contributed by atoms with Crippen LogP contribution in [0.1, 0.15) is 65.1 Å². The third-order valence-electron chi connectivity index (χ3n) is 6.33. The predicted octanol–water partition coefficient (Wildman–Crippen LogP) is 0.950. The van der Waals surface area contributed by atoms with Crippen LogP contribution in [0, 0.1) is 5.41 Å². The maximum absolute atomic E-state index is 13.4. The molecule has 2 aliphatic heterocycles. The van der Waals surface area contributed by atoms with Gasteiger partial charge in [-0.25, -0.2) is 0 Å². The van der Waals surface area contributed by atoms with Crippen molar-refractivity contribution in [1.82, 2.24) is 14.7 Å². The molecule has 2 aromatic rings. The summed E-state index contributed by atoms with van der Waals surface area (Å²) < 4.78 is 7.46. The van der Waals surface area contributed by atoms with Crippen LogP contribution in [-0.4, -0.2) is 63.8 Å². The van der Waals surface area contributed by atoms with Gasteiger partial charge in [0.2, 0.25) is 0 Å². The Hall–Kier alpha value is -2.49. The average molecular weight is 411 g/mol. The molecule has 8 nitrogen and oxygen atoms in total. The number of hydrogen-bond donors (Lipinski definition) is 2. The van der Waals surface area contributed by atoms with Crippen molar-refractivity contribution in [2.24, 2.45) is 5.41 Å². The average Bonchev–Trinajstić information content (AvgIpc) is 3.21. The van der Waals surface area contributed by atoms with Crippen molar-refractivity contribution in [1.29, 1.82) is 0 Å². The molecule has 1 aromatic heterocycles. The summed E-state index contributed by atoms with van der Waals surface area (Å²) in [4.78, 5) is 26.6. The predicted molar refractivity (Wildman–Crippen MR) is 111 cm³/mol. The number of carbonyl (C=O) groups excluding carboxylic acids is 2. The third kappa shape index (κ3) is 3.47. The molecule has 1 amide bonds. The van der Waals surface area contributed by atoms with Crippen molar-refractivity contribution in [2.75, 3.05) is 19.8 Å². The Morgan fingerprint density at radius 3 is 2.67 bits per heavy atom. The lowest BCUT2D eigenvalue weighted by atomic mass is 9.64. The Morgan fingerprint density at radius 1 is 1.33 bits per heavy atom. The number of likely N-dealkylation sites (tertiary alicyclic amines) is 1. The van der Waals surface area contributed by atoms with Gasteiger partial charge < -0.3 is 19.7 Å². The van der Waals surface area contributed by atoms with Crippen molar-refractivity contribution in [3.8, 4) is 0 Å². The molecule has 1 unspecified atom stereocenters. The van der Waals surface area contributed by atoms with Gasteiger partial charge in [0.1, 0.15) is 6.29 Å². The van der Waals surface area contributed by atoms with Gasteiger partial charge in [0, 0.05) is 54.1 Å². The molecule has 1 aromatic carbocycles. The van der Waals surface area contributed by atoms with Crippen LogP contribution in [0.25, 0.3) is 0 Å². The number of amides is 1. The molecule has 158 valence electrons. The molecule has 0 radical (unpaired) electrons. The highest BCUT2D eigenvalue weighted by molar-refractivity contribution is 6.60. The molecule has 2 aliphatic rings. The summed E-state index contributed by atoms with van der Waals surface area (Å²) in [6.45, 7) is 6.09. The minimum atomic E-state index is -1.77. The van der Waals surface area contributed by atoms with E-state index in [-0.39, 0.29) is 34.4 Å². The number of ether oxygens (including phenoxy) is 1. The van der Waals surface area contributed by atoms with Crippen molar-refractivity contribution in [3.05, 3.63) is 47.3 Å². The lowest BCUT2D eigenvalue weighted by Crippen LogP contribution is -2.62. The second-order valence-electron chi connectivity index (χ2n) is 8.49. The van der Waals surface area contributed by atoms with E-state index in [0.29, 0.717) is 31.6 Å². The first-order valence-electron chi connectivity index (χ1n) is 10.2. The van der Waals surface area contributed by atoms with Crippen LogP contribution in [0.4, 0.5) is 0 Å². The zero-order valence-electron chi connectivity index (χ0n) is 17.2. The van der Waals surface area contributed by atoms with E-state index < -0.39 is 7.12 Å². The molecule has 3 heterocycles. The van der Waals surface area contributed by atoms with Gasteiger partial charge in [0.15, 0.2) is 0 Å². The largest absolute Gasteiger partial charge is 0.489 e. The number of nitrogens with zero attached hydrogens (tertiary/aromatic N) is 3. The van der Waals surface area contributed by atoms with E-state index in [4.69, 9.17) is 4.74 Å². The fraction of sp³-hybridized carbons (Fsp3) is 0.476. The Labute approximate surface area is 175 Å². The molecule has 1 spiro atoms. The van der Waals surface area contributed by atoms with Crippen LogP contribution in [0.5, 0.6) is 0 Å². The van der Waals surface area contributed by atoms with Crippen LogP contribution in [-0.2, 0) is 4.74 Å². The maximum Gasteiger partial charge on any atom is 0.489 e. The highest BCUT2D eigenvalue weighted by Crippen LogP contribution is 2.55. The van der Waals surface area contributed by atoms with E-state index in [1.165, 1.54) is 18.2 Å². The minimum absolute atomic E-state index is 0.0343. The summed E-state index contributed by atoms with van der Waals surface area (Å²) in [5.74, 6) is -0.184. The van der Waals surface area contributed by atoms with Gasteiger partial charge in [-0.2, -0.15) is 5.10 Å². The number of rotatable bonds is 5. The van der Waals surface area contributed by atoms with Gasteiger partial charge in [0.25, 0.3) is 5.91 Å². The molecule has 0 bridgehead atoms. The fourth-order valence-electron chi connectivity index (χ4n) is 4.65. The summed E-state index contributed by atoms with van der Waals surface area (Å²) in [6.07, 6.45) is 6.14. The van der Waals surface area contributed by atoms with E-state index in [0.717, 1.165) is 18.4 Å². The number of aromatic nitrogens is 2. The van der Waals surface area contributed by atoms with Crippen molar-refractivity contribution < 1.29 is 24.4 Å². The van der Waals surface area contributed by atoms with Gasteiger partial charge in [0.05, 0.1) is 12.2 Å². The first-order valence-corrected chi connectivity index (χ1v) is 10.2. The Bertz CT molecular complexity index is 952. The third-order valence-corrected chi connectivity index (χ3v) is 6.33. The van der Waals surface area contributed by atoms with Gasteiger partial charge in [-0.15, -0.1) is 0 Å². The van der Waals surface area contributed by atoms with E-state index in [2.05, 4.69) is 18.9 Å². The quantitative estimate of drug-likeness (QED) is 0.561. The minimum Gasteiger partial charge on any atom is -0.423 e. The maximum atomic E-state index is 13.4. The van der Waals surface area contributed by atoms with Gasteiger partial charge >= 0.3 is 7.12 Å². The smallest absolute Gasteiger partial charge is 0.423 e. The lowest BCUT2D eigenvalue weighted by Gasteiger charge is -2.59. The normalized spacial score (nSPS) is 20.3. The summed E-state index contributed by atoms with van der Waals surface area (Å²) in [7, 11) is -1.77. The van der Waals surface area contributed by atoms with Crippen LogP contribution in [0.15, 0.2) is 30.6 Å². The van der Waals surface area contributed by atoms with E-state index in [9.17, 15) is 19.6 Å². The molecule has 4 rings (SSSR count). The van der Waals surface area contributed by atoms with Crippen LogP contribution < -0.4 is 5.46 Å². The van der Waals surface area contributed by atoms with Crippen molar-refractivity contribution >= 4 is 24.8 Å². The van der Waals surface area contributed by atoms with Gasteiger partial charge in [-0.3, -0.25) is 14.3 Å². The van der Waals surface area contributed by atoms with Crippen LogP contribution in [0.3, 0.4) is 0 Å². The van der Waals surface area contributed by atoms with E-state index in [1.54, 1.807) is 0 Å². The van der Waals surface area contributed by atoms with Crippen molar-refractivity contribution in [3.63, 3.8) is 0 Å². The number of hydrogen-bond acceptors (Lipinski definition) is 6. The first kappa shape index (κ1) is 20.8. The standard InChI is InChI=1S/C21H26BN3O5/c1-14(2)25-11-17(10-23-25)19-21(5-7-30-8-6-21)13-24(19)20(27)15-3-4-18(22(28)29)16(9-15)12-26/h3-4,9-12,14,19,28-29H,5-8,13H2,1-2H3. The Kier molecular flexibility index (Phi) is 5.52. The molecule has 1 atom stereocenters. The molecular formula is C21H26BN3O5. The first-order chi connectivity index (χ1) is 14.4. The molecule has 2 N–H and O–H groups in total. The fourth-order valence-corrected chi connectivity index (χ4v) is 4.65. The monoisotopic (exact) mass is 411 g/mol. The van der Waals surface area contributed by atoms with E-state index in [1.807, 2.05) is 22.0 Å². The number of benzene rings is 1. The molecular weight excluding hydrogens is 385 g/mol. The van der Waals surface area contributed by atoms with E-state index >= 15 is 0 Å². The summed E-state index contributed by atoms with van der Waals surface area (Å²) in [5.41, 5.74) is 1.50. The zero-order valence-corrected chi connectivity index (χ0v) is 17.2. The summed E-state index contributed by atoms with van der Waals surface area (Å²) in [5, 5.41) is 23.3. The number of aldehydes is 1. The second-order valence-corrected chi connectivity index (χ2v) is 8.49. The second kappa shape index (κ2) is 7.98. The highest BCUT2D eigenvalue weighted by atomic mass is 16.5. The van der Waals surface area contributed by atoms with Crippen molar-refractivity contribution in [2.45, 2.75) is 38.8 Å². The summed E-state index contributed by atoms with van der Waals surface area (Å²) >= 11 is 0. The zero-order chi connectivity index (χ0) is 21.5. The van der Waals surface area contributed by atoms with Gasteiger partial charge in [-0.05, 0) is 44.3 Å². The lowest BCUT2D eigenvalue weighted by molar-refractivity contribution is -0.115. The molecule has 9 heteroatoms. The SMILES string of the molecule is CC(C)n1cc(C2N(C(=O)c3ccc(B(O)O)c(C=O)c3)CC23CCOCC3)cn1. The molecule has 2 saturated heterocycles. The van der Waals surface area contributed by atoms with Gasteiger partial charge in [-0.1, -0.05) is 6.07 Å². The summed E-state index contributed by atoms with van der Waals surface area (Å²) in [6, 6.07) is 4.49.